The van der Waals surface area contributed by atoms with Gasteiger partial charge in [0.25, 0.3) is 5.91 Å². The Hall–Kier alpha value is -3.58. The lowest BCUT2D eigenvalue weighted by Gasteiger charge is -2.35. The highest BCUT2D eigenvalue weighted by atomic mass is 16.5. The van der Waals surface area contributed by atoms with Gasteiger partial charge in [-0.05, 0) is 36.5 Å². The minimum absolute atomic E-state index is 0.0741. The number of benzene rings is 2. The van der Waals surface area contributed by atoms with Crippen LogP contribution in [-0.4, -0.2) is 33.8 Å². The summed E-state index contributed by atoms with van der Waals surface area (Å²) in [6.07, 6.45) is 6.42. The van der Waals surface area contributed by atoms with Gasteiger partial charge < -0.3 is 14.5 Å². The van der Waals surface area contributed by atoms with E-state index in [-0.39, 0.29) is 18.3 Å². The number of amides is 1. The average Bonchev–Trinajstić information content (AvgIpc) is 3.52. The Morgan fingerprint density at radius 2 is 1.68 bits per heavy atom. The van der Waals surface area contributed by atoms with Gasteiger partial charge in [-0.1, -0.05) is 60.8 Å². The van der Waals surface area contributed by atoms with Crippen molar-refractivity contribution in [2.45, 2.75) is 44.8 Å². The molecule has 2 heterocycles. The Morgan fingerprint density at radius 3 is 2.29 bits per heavy atom. The van der Waals surface area contributed by atoms with Crippen LogP contribution in [0.5, 0.6) is 0 Å². The van der Waals surface area contributed by atoms with E-state index in [2.05, 4.69) is 5.16 Å². The van der Waals surface area contributed by atoms with Crippen molar-refractivity contribution in [3.8, 4) is 11.3 Å². The summed E-state index contributed by atoms with van der Waals surface area (Å²) in [5, 5.41) is 13.2. The molecule has 2 fully saturated rings. The molecule has 7 nitrogen and oxygen atoms in total. The lowest BCUT2D eigenvalue weighted by atomic mass is 9.76. The van der Waals surface area contributed by atoms with Crippen LogP contribution in [0, 0.1) is 11.8 Å². The predicted octanol–water partition coefficient (Wildman–Crippen LogP) is 4.20. The molecule has 5 rings (SSSR count). The molecule has 3 aromatic rings. The first-order chi connectivity index (χ1) is 16.6. The number of aliphatic hydroxyl groups excluding tert-OH is 1. The number of aliphatic hydroxyl groups is 1. The van der Waals surface area contributed by atoms with Crippen LogP contribution in [0.1, 0.15) is 48.0 Å². The topological polar surface area (TPSA) is 101 Å². The van der Waals surface area contributed by atoms with Crippen molar-refractivity contribution in [1.82, 2.24) is 5.16 Å². The van der Waals surface area contributed by atoms with Gasteiger partial charge in [0.15, 0.2) is 5.78 Å². The molecule has 2 aliphatic rings. The summed E-state index contributed by atoms with van der Waals surface area (Å²) >= 11 is 0. The van der Waals surface area contributed by atoms with Crippen LogP contribution in [0.15, 0.2) is 65.4 Å². The molecule has 2 atom stereocenters. The second-order valence-corrected chi connectivity index (χ2v) is 9.06. The molecule has 174 valence electrons. The molecule has 1 aliphatic heterocycles. The standard InChI is InChI=1S/C27H26N2O5/c30-16-17-6-8-20(9-7-17)25(31)23-24(19-4-2-1-3-5-19)29(27(33)26(23)32)21-12-10-18(11-13-21)22-14-15-34-28-22/h6-15,19,23-24,30H,1-5,16H2. The molecule has 1 aliphatic carbocycles. The lowest BCUT2D eigenvalue weighted by molar-refractivity contribution is -0.135. The van der Waals surface area contributed by atoms with Gasteiger partial charge in [-0.3, -0.25) is 14.4 Å². The molecular formula is C27H26N2O5. The molecule has 1 aromatic heterocycles. The Kier molecular flexibility index (Phi) is 6.11. The lowest BCUT2D eigenvalue weighted by Crippen LogP contribution is -2.43. The first-order valence-corrected chi connectivity index (χ1v) is 11.7. The predicted molar refractivity (Wildman–Crippen MR) is 125 cm³/mol. The summed E-state index contributed by atoms with van der Waals surface area (Å²) in [4.78, 5) is 41.7. The largest absolute Gasteiger partial charge is 0.392 e. The van der Waals surface area contributed by atoms with Crippen LogP contribution in [0.2, 0.25) is 0 Å². The van der Waals surface area contributed by atoms with Crippen LogP contribution in [0.3, 0.4) is 0 Å². The molecule has 0 radical (unpaired) electrons. The number of hydrogen-bond donors (Lipinski definition) is 1. The van der Waals surface area contributed by atoms with Crippen LogP contribution >= 0.6 is 0 Å². The molecular weight excluding hydrogens is 432 g/mol. The van der Waals surface area contributed by atoms with E-state index < -0.39 is 23.7 Å². The van der Waals surface area contributed by atoms with Crippen molar-refractivity contribution in [2.24, 2.45) is 11.8 Å². The van der Waals surface area contributed by atoms with E-state index in [0.717, 1.165) is 37.7 Å². The van der Waals surface area contributed by atoms with E-state index in [0.29, 0.717) is 22.5 Å². The maximum absolute atomic E-state index is 13.6. The number of carbonyl (C=O) groups is 3. The molecule has 1 amide bonds. The second-order valence-electron chi connectivity index (χ2n) is 9.06. The third-order valence-corrected chi connectivity index (χ3v) is 7.07. The number of Topliss-reactive ketones (excluding diaryl/α,β-unsaturated/α-hetero) is 2. The highest BCUT2D eigenvalue weighted by Crippen LogP contribution is 2.41. The fraction of sp³-hybridized carbons (Fsp3) is 0.333. The van der Waals surface area contributed by atoms with E-state index in [4.69, 9.17) is 4.52 Å². The van der Waals surface area contributed by atoms with Crippen molar-refractivity contribution in [3.63, 3.8) is 0 Å². The number of aromatic nitrogens is 1. The zero-order chi connectivity index (χ0) is 23.7. The minimum atomic E-state index is -1.04. The summed E-state index contributed by atoms with van der Waals surface area (Å²) < 4.78 is 4.91. The van der Waals surface area contributed by atoms with Crippen molar-refractivity contribution in [1.29, 1.82) is 0 Å². The van der Waals surface area contributed by atoms with Crippen LogP contribution in [0.25, 0.3) is 11.3 Å². The van der Waals surface area contributed by atoms with Gasteiger partial charge >= 0.3 is 0 Å². The van der Waals surface area contributed by atoms with Gasteiger partial charge in [0.05, 0.1) is 12.6 Å². The third kappa shape index (κ3) is 3.96. The molecule has 1 N–H and O–H groups in total. The smallest absolute Gasteiger partial charge is 0.295 e. The number of ketones is 2. The van der Waals surface area contributed by atoms with Crippen LogP contribution < -0.4 is 4.90 Å². The van der Waals surface area contributed by atoms with Crippen LogP contribution in [0.4, 0.5) is 5.69 Å². The number of carbonyl (C=O) groups excluding carboxylic acids is 3. The van der Waals surface area contributed by atoms with Gasteiger partial charge in [0.2, 0.25) is 5.78 Å². The molecule has 1 saturated carbocycles. The molecule has 7 heteroatoms. The Bertz CT molecular complexity index is 1180. The van der Waals surface area contributed by atoms with Gasteiger partial charge in [-0.2, -0.15) is 0 Å². The maximum atomic E-state index is 13.6. The molecule has 2 unspecified atom stereocenters. The molecule has 2 aromatic carbocycles. The number of rotatable bonds is 6. The Morgan fingerprint density at radius 1 is 0.971 bits per heavy atom. The first-order valence-electron chi connectivity index (χ1n) is 11.7. The van der Waals surface area contributed by atoms with E-state index in [1.165, 1.54) is 6.26 Å². The first kappa shape index (κ1) is 22.2. The fourth-order valence-electron chi connectivity index (χ4n) is 5.32. The van der Waals surface area contributed by atoms with E-state index >= 15 is 0 Å². The van der Waals surface area contributed by atoms with Crippen molar-refractivity contribution in [2.75, 3.05) is 4.90 Å². The summed E-state index contributed by atoms with van der Waals surface area (Å²) in [5.74, 6) is -2.57. The van der Waals surface area contributed by atoms with Gasteiger partial charge in [-0.15, -0.1) is 0 Å². The quantitative estimate of drug-likeness (QED) is 0.338. The Balaban J connectivity index is 1.52. The van der Waals surface area contributed by atoms with E-state index in [1.54, 1.807) is 47.4 Å². The molecule has 0 spiro atoms. The zero-order valence-corrected chi connectivity index (χ0v) is 18.7. The third-order valence-electron chi connectivity index (χ3n) is 7.07. The maximum Gasteiger partial charge on any atom is 0.295 e. The van der Waals surface area contributed by atoms with Gasteiger partial charge in [-0.25, -0.2) is 0 Å². The van der Waals surface area contributed by atoms with Gasteiger partial charge in [0, 0.05) is 22.9 Å². The Labute approximate surface area is 197 Å². The monoisotopic (exact) mass is 458 g/mol. The van der Waals surface area contributed by atoms with Crippen molar-refractivity contribution < 1.29 is 24.0 Å². The van der Waals surface area contributed by atoms with E-state index in [1.807, 2.05) is 12.1 Å². The van der Waals surface area contributed by atoms with Crippen molar-refractivity contribution >= 4 is 23.2 Å². The van der Waals surface area contributed by atoms with Gasteiger partial charge in [0.1, 0.15) is 17.9 Å². The summed E-state index contributed by atoms with van der Waals surface area (Å²) in [5.41, 5.74) is 3.18. The average molecular weight is 459 g/mol. The highest BCUT2D eigenvalue weighted by Gasteiger charge is 2.54. The number of nitrogens with zero attached hydrogens (tertiary/aromatic N) is 2. The summed E-state index contributed by atoms with van der Waals surface area (Å²) in [6, 6.07) is 15.1. The minimum Gasteiger partial charge on any atom is -0.392 e. The normalized spacial score (nSPS) is 21.3. The molecule has 0 bridgehead atoms. The van der Waals surface area contributed by atoms with Crippen molar-refractivity contribution in [3.05, 3.63) is 72.0 Å². The number of anilines is 1. The SMILES string of the molecule is O=C1C(=O)N(c2ccc(-c3ccon3)cc2)C(C2CCCCC2)C1C(=O)c1ccc(CO)cc1. The highest BCUT2D eigenvalue weighted by molar-refractivity contribution is 6.49. The number of hydrogen-bond acceptors (Lipinski definition) is 6. The molecule has 1 saturated heterocycles. The fourth-order valence-corrected chi connectivity index (χ4v) is 5.32. The molecule has 34 heavy (non-hydrogen) atoms. The zero-order valence-electron chi connectivity index (χ0n) is 18.7. The van der Waals surface area contributed by atoms with E-state index in [9.17, 15) is 19.5 Å². The second kappa shape index (κ2) is 9.35. The van der Waals surface area contributed by atoms with Crippen LogP contribution in [-0.2, 0) is 16.2 Å². The summed E-state index contributed by atoms with van der Waals surface area (Å²) in [7, 11) is 0. The summed E-state index contributed by atoms with van der Waals surface area (Å²) in [6.45, 7) is -0.127.